The van der Waals surface area contributed by atoms with Crippen molar-refractivity contribution in [3.8, 4) is 6.01 Å². The molecule has 0 saturated carbocycles. The van der Waals surface area contributed by atoms with E-state index in [1.807, 2.05) is 0 Å². The summed E-state index contributed by atoms with van der Waals surface area (Å²) in [6, 6.07) is 4.75. The number of hydrogen-bond acceptors (Lipinski definition) is 5. The van der Waals surface area contributed by atoms with Crippen molar-refractivity contribution in [1.29, 1.82) is 0 Å². The van der Waals surface area contributed by atoms with Crippen LogP contribution in [0.1, 0.15) is 17.0 Å². The summed E-state index contributed by atoms with van der Waals surface area (Å²) in [6.45, 7) is 5.16. The third-order valence-corrected chi connectivity index (χ3v) is 4.88. The van der Waals surface area contributed by atoms with Gasteiger partial charge in [0, 0.05) is 5.02 Å². The van der Waals surface area contributed by atoms with E-state index < -0.39 is 10.0 Å². The molecule has 2 aromatic rings. The van der Waals surface area contributed by atoms with E-state index in [4.69, 9.17) is 16.3 Å². The third kappa shape index (κ3) is 3.31. The van der Waals surface area contributed by atoms with E-state index in [0.29, 0.717) is 22.1 Å². The molecule has 6 nitrogen and oxygen atoms in total. The molecule has 0 atom stereocenters. The second kappa shape index (κ2) is 6.10. The Labute approximate surface area is 134 Å². The van der Waals surface area contributed by atoms with Gasteiger partial charge < -0.3 is 4.74 Å². The number of nitrogens with zero attached hydrogens (tertiary/aromatic N) is 2. The fraction of sp³-hybridized carbons (Fsp3) is 0.286. The Balaban J connectivity index is 2.43. The summed E-state index contributed by atoms with van der Waals surface area (Å²) in [4.78, 5) is 8.23. The van der Waals surface area contributed by atoms with Gasteiger partial charge in [0.1, 0.15) is 0 Å². The Morgan fingerprint density at radius 1 is 1.14 bits per heavy atom. The van der Waals surface area contributed by atoms with Gasteiger partial charge in [-0.05, 0) is 38.5 Å². The molecule has 0 aliphatic heterocycles. The highest BCUT2D eigenvalue weighted by atomic mass is 35.5. The first-order chi connectivity index (χ1) is 10.2. The molecule has 0 aliphatic carbocycles. The maximum absolute atomic E-state index is 12.5. The van der Waals surface area contributed by atoms with Crippen molar-refractivity contribution < 1.29 is 13.2 Å². The quantitative estimate of drug-likeness (QED) is 0.924. The summed E-state index contributed by atoms with van der Waals surface area (Å²) >= 11 is 5.99. The molecule has 0 spiro atoms. The molecule has 118 valence electrons. The fourth-order valence-corrected chi connectivity index (χ4v) is 3.31. The first-order valence-corrected chi connectivity index (χ1v) is 8.29. The molecule has 22 heavy (non-hydrogen) atoms. The van der Waals surface area contributed by atoms with Crippen LogP contribution in [0.3, 0.4) is 0 Å². The number of nitrogens with one attached hydrogen (secondary N) is 1. The molecular weight excluding hydrogens is 326 g/mol. The summed E-state index contributed by atoms with van der Waals surface area (Å²) in [6.07, 6.45) is 0. The Kier molecular flexibility index (Phi) is 4.58. The average molecular weight is 342 g/mol. The molecular formula is C14H16ClN3O3S. The van der Waals surface area contributed by atoms with Crippen molar-refractivity contribution in [1.82, 2.24) is 9.97 Å². The maximum atomic E-state index is 12.5. The normalized spacial score (nSPS) is 11.3. The number of ether oxygens (including phenoxy) is 1. The van der Waals surface area contributed by atoms with E-state index in [0.717, 1.165) is 5.56 Å². The maximum Gasteiger partial charge on any atom is 0.316 e. The van der Waals surface area contributed by atoms with Crippen LogP contribution in [0.2, 0.25) is 5.02 Å². The van der Waals surface area contributed by atoms with Gasteiger partial charge in [-0.2, -0.15) is 9.97 Å². The highest BCUT2D eigenvalue weighted by Gasteiger charge is 2.19. The zero-order valence-corrected chi connectivity index (χ0v) is 14.2. The van der Waals surface area contributed by atoms with Gasteiger partial charge in [0.25, 0.3) is 10.0 Å². The standard InChI is InChI=1S/C14H16ClN3O3S/c1-8-5-6-11(7-12(8)15)22(19,20)18-13-9(2)16-14(21-4)17-10(13)3/h5-7,18H,1-4H3. The number of aryl methyl sites for hydroxylation is 3. The number of anilines is 1. The zero-order chi connectivity index (χ0) is 16.5. The lowest BCUT2D eigenvalue weighted by molar-refractivity contribution is 0.378. The van der Waals surface area contributed by atoms with Gasteiger partial charge in [0.05, 0.1) is 29.1 Å². The molecule has 1 heterocycles. The van der Waals surface area contributed by atoms with E-state index in [2.05, 4.69) is 14.7 Å². The van der Waals surface area contributed by atoms with E-state index in [1.54, 1.807) is 26.8 Å². The van der Waals surface area contributed by atoms with Crippen LogP contribution in [0.15, 0.2) is 23.1 Å². The van der Waals surface area contributed by atoms with Crippen LogP contribution in [0.4, 0.5) is 5.69 Å². The van der Waals surface area contributed by atoms with Crippen molar-refractivity contribution in [2.45, 2.75) is 25.7 Å². The van der Waals surface area contributed by atoms with Gasteiger partial charge in [-0.3, -0.25) is 4.72 Å². The van der Waals surface area contributed by atoms with Crippen LogP contribution in [0.5, 0.6) is 6.01 Å². The summed E-state index contributed by atoms with van der Waals surface area (Å²) in [5.41, 5.74) is 2.09. The summed E-state index contributed by atoms with van der Waals surface area (Å²) in [7, 11) is -2.32. The smallest absolute Gasteiger partial charge is 0.316 e. The predicted octanol–water partition coefficient (Wildman–Crippen LogP) is 2.86. The van der Waals surface area contributed by atoms with Gasteiger partial charge in [-0.25, -0.2) is 8.42 Å². The number of halogens is 1. The Hall–Kier alpha value is -1.86. The van der Waals surface area contributed by atoms with Crippen molar-refractivity contribution in [2.75, 3.05) is 11.8 Å². The molecule has 0 saturated heterocycles. The van der Waals surface area contributed by atoms with E-state index in [9.17, 15) is 8.42 Å². The molecule has 8 heteroatoms. The Bertz CT molecular complexity index is 799. The minimum Gasteiger partial charge on any atom is -0.467 e. The van der Waals surface area contributed by atoms with Gasteiger partial charge in [0.15, 0.2) is 0 Å². The molecule has 1 N–H and O–H groups in total. The van der Waals surface area contributed by atoms with Crippen LogP contribution < -0.4 is 9.46 Å². The van der Waals surface area contributed by atoms with Crippen LogP contribution >= 0.6 is 11.6 Å². The minimum absolute atomic E-state index is 0.0812. The van der Waals surface area contributed by atoms with Gasteiger partial charge in [0.2, 0.25) is 0 Å². The second-order valence-electron chi connectivity index (χ2n) is 4.77. The molecule has 2 rings (SSSR count). The highest BCUT2D eigenvalue weighted by Crippen LogP contribution is 2.25. The summed E-state index contributed by atoms with van der Waals surface area (Å²) < 4.78 is 32.4. The highest BCUT2D eigenvalue weighted by molar-refractivity contribution is 7.92. The SMILES string of the molecule is COc1nc(C)c(NS(=O)(=O)c2ccc(C)c(Cl)c2)c(C)n1. The lowest BCUT2D eigenvalue weighted by atomic mass is 10.2. The van der Waals surface area contributed by atoms with Gasteiger partial charge in [-0.1, -0.05) is 17.7 Å². The number of benzene rings is 1. The molecule has 0 radical (unpaired) electrons. The van der Waals surface area contributed by atoms with Crippen molar-refractivity contribution in [3.05, 3.63) is 40.2 Å². The van der Waals surface area contributed by atoms with Crippen LogP contribution in [0.25, 0.3) is 0 Å². The predicted molar refractivity (Wildman–Crippen MR) is 85.1 cm³/mol. The molecule has 0 unspecified atom stereocenters. The van der Waals surface area contributed by atoms with E-state index in [1.165, 1.54) is 19.2 Å². The summed E-state index contributed by atoms with van der Waals surface area (Å²) in [5, 5.41) is 0.391. The molecule has 0 bridgehead atoms. The number of rotatable bonds is 4. The number of aromatic nitrogens is 2. The fourth-order valence-electron chi connectivity index (χ4n) is 1.86. The number of sulfonamides is 1. The topological polar surface area (TPSA) is 81.2 Å². The monoisotopic (exact) mass is 341 g/mol. The minimum atomic E-state index is -3.77. The average Bonchev–Trinajstić information content (AvgIpc) is 2.45. The van der Waals surface area contributed by atoms with Crippen molar-refractivity contribution in [3.63, 3.8) is 0 Å². The van der Waals surface area contributed by atoms with Crippen LogP contribution in [0, 0.1) is 20.8 Å². The summed E-state index contributed by atoms with van der Waals surface area (Å²) in [5.74, 6) is 0. The van der Waals surface area contributed by atoms with Gasteiger partial charge >= 0.3 is 6.01 Å². The molecule has 0 fully saturated rings. The number of methoxy groups -OCH3 is 1. The largest absolute Gasteiger partial charge is 0.467 e. The van der Waals surface area contributed by atoms with E-state index in [-0.39, 0.29) is 10.9 Å². The molecule has 1 aromatic heterocycles. The molecule has 0 amide bonds. The number of hydrogen-bond donors (Lipinski definition) is 1. The zero-order valence-electron chi connectivity index (χ0n) is 12.6. The van der Waals surface area contributed by atoms with E-state index >= 15 is 0 Å². The van der Waals surface area contributed by atoms with Crippen LogP contribution in [-0.2, 0) is 10.0 Å². The molecule has 0 aliphatic rings. The first-order valence-electron chi connectivity index (χ1n) is 6.43. The second-order valence-corrected chi connectivity index (χ2v) is 6.86. The van der Waals surface area contributed by atoms with Crippen molar-refractivity contribution in [2.24, 2.45) is 0 Å². The van der Waals surface area contributed by atoms with Crippen molar-refractivity contribution >= 4 is 27.3 Å². The lowest BCUT2D eigenvalue weighted by Gasteiger charge is -2.13. The third-order valence-electron chi connectivity index (χ3n) is 3.12. The Morgan fingerprint density at radius 3 is 2.23 bits per heavy atom. The van der Waals surface area contributed by atoms with Crippen LogP contribution in [-0.4, -0.2) is 25.5 Å². The molecule has 1 aromatic carbocycles. The Morgan fingerprint density at radius 2 is 1.73 bits per heavy atom. The lowest BCUT2D eigenvalue weighted by Crippen LogP contribution is -2.16. The first kappa shape index (κ1) is 16.5. The van der Waals surface area contributed by atoms with Gasteiger partial charge in [-0.15, -0.1) is 0 Å².